The summed E-state index contributed by atoms with van der Waals surface area (Å²) in [6, 6.07) is 2.04. The predicted octanol–water partition coefficient (Wildman–Crippen LogP) is -1.05. The highest BCUT2D eigenvalue weighted by Crippen LogP contribution is 2.44. The molecule has 1 aliphatic carbocycles. The van der Waals surface area contributed by atoms with E-state index in [2.05, 4.69) is 0 Å². The fraction of sp³-hybridized carbons (Fsp3) is 0.333. The zero-order valence-corrected chi connectivity index (χ0v) is 16.9. The highest BCUT2D eigenvalue weighted by molar-refractivity contribution is 5.73. The molecular formula is C21H22O12. The number of allylic oxidation sites excluding steroid dienone is 1. The molecular weight excluding hydrogens is 444 g/mol. The van der Waals surface area contributed by atoms with Crippen LogP contribution in [0.5, 0.6) is 17.2 Å². The first kappa shape index (κ1) is 22.9. The van der Waals surface area contributed by atoms with Crippen LogP contribution in [-0.2, 0) is 14.2 Å². The van der Waals surface area contributed by atoms with Gasteiger partial charge in [-0.05, 0) is 30.4 Å². The number of ether oxygens (including phenoxy) is 3. The maximum Gasteiger partial charge on any atom is 0.263 e. The minimum absolute atomic E-state index is 0.0175. The maximum absolute atomic E-state index is 10.5. The quantitative estimate of drug-likeness (QED) is 0.238. The van der Waals surface area contributed by atoms with Gasteiger partial charge < -0.3 is 60.2 Å². The third kappa shape index (κ3) is 3.78. The first-order valence-electron chi connectivity index (χ1n) is 9.75. The van der Waals surface area contributed by atoms with E-state index in [1.807, 2.05) is 0 Å². The number of aliphatic hydroxyl groups is 6. The van der Waals surface area contributed by atoms with Gasteiger partial charge in [-0.25, -0.2) is 0 Å². The second-order valence-electron chi connectivity index (χ2n) is 7.64. The molecule has 12 heteroatoms. The van der Waals surface area contributed by atoms with Crippen LogP contribution >= 0.6 is 0 Å². The topological polar surface area (TPSA) is 210 Å². The average Bonchev–Trinajstić information content (AvgIpc) is 3.02. The summed E-state index contributed by atoms with van der Waals surface area (Å²) in [6.07, 6.45) is -2.34. The molecule has 0 spiro atoms. The summed E-state index contributed by atoms with van der Waals surface area (Å²) < 4.78 is 16.9. The van der Waals surface area contributed by atoms with Crippen LogP contribution in [-0.4, -0.2) is 89.4 Å². The molecule has 178 valence electrons. The summed E-state index contributed by atoms with van der Waals surface area (Å²) in [7, 11) is 0. The zero-order valence-electron chi connectivity index (χ0n) is 16.9. The fourth-order valence-electron chi connectivity index (χ4n) is 3.71. The van der Waals surface area contributed by atoms with Gasteiger partial charge in [0.2, 0.25) is 0 Å². The molecule has 9 N–H and O–H groups in total. The molecule has 1 aromatic rings. The van der Waals surface area contributed by atoms with Gasteiger partial charge in [-0.15, -0.1) is 0 Å². The summed E-state index contributed by atoms with van der Waals surface area (Å²) in [6.45, 7) is -1.67. The molecule has 1 fully saturated rings. The number of aromatic hydroxyl groups is 3. The minimum atomic E-state index is -2.26. The van der Waals surface area contributed by atoms with Crippen LogP contribution in [0.2, 0.25) is 0 Å². The predicted molar refractivity (Wildman–Crippen MR) is 107 cm³/mol. The number of hydrogen-bond acceptors (Lipinski definition) is 12. The largest absolute Gasteiger partial charge is 0.507 e. The zero-order chi connectivity index (χ0) is 24.1. The first-order valence-corrected chi connectivity index (χ1v) is 9.75. The monoisotopic (exact) mass is 466 g/mol. The summed E-state index contributed by atoms with van der Waals surface area (Å²) in [4.78, 5) is 0. The summed E-state index contributed by atoms with van der Waals surface area (Å²) >= 11 is 0. The van der Waals surface area contributed by atoms with E-state index in [9.17, 15) is 46.0 Å². The van der Waals surface area contributed by atoms with Gasteiger partial charge in [0.05, 0.1) is 18.3 Å². The van der Waals surface area contributed by atoms with E-state index < -0.39 is 60.7 Å². The van der Waals surface area contributed by atoms with Gasteiger partial charge in [-0.1, -0.05) is 0 Å². The second-order valence-corrected chi connectivity index (χ2v) is 7.64. The Hall–Kier alpha value is -3.26. The Morgan fingerprint density at radius 2 is 1.64 bits per heavy atom. The lowest BCUT2D eigenvalue weighted by atomic mass is 9.99. The van der Waals surface area contributed by atoms with Gasteiger partial charge in [-0.3, -0.25) is 0 Å². The van der Waals surface area contributed by atoms with Crippen LogP contribution < -0.4 is 0 Å². The van der Waals surface area contributed by atoms with Crippen molar-refractivity contribution in [2.24, 2.45) is 0 Å². The number of hydrogen-bond donors (Lipinski definition) is 9. The third-order valence-corrected chi connectivity index (χ3v) is 5.42. The van der Waals surface area contributed by atoms with E-state index in [4.69, 9.17) is 14.2 Å². The van der Waals surface area contributed by atoms with Crippen LogP contribution in [0.4, 0.5) is 0 Å². The van der Waals surface area contributed by atoms with Gasteiger partial charge in [0.25, 0.3) is 5.79 Å². The third-order valence-electron chi connectivity index (χ3n) is 5.42. The van der Waals surface area contributed by atoms with E-state index in [1.54, 1.807) is 0 Å². The molecule has 5 unspecified atom stereocenters. The Bertz CT molecular complexity index is 1060. The van der Waals surface area contributed by atoms with Gasteiger partial charge >= 0.3 is 0 Å². The second kappa shape index (κ2) is 8.26. The maximum atomic E-state index is 10.5. The summed E-state index contributed by atoms with van der Waals surface area (Å²) in [5.41, 5.74) is 0.00321. The van der Waals surface area contributed by atoms with Gasteiger partial charge in [-0.2, -0.15) is 0 Å². The lowest BCUT2D eigenvalue weighted by Crippen LogP contribution is -2.48. The summed E-state index contributed by atoms with van der Waals surface area (Å²) in [5.74, 6) is -5.39. The van der Waals surface area contributed by atoms with Crippen molar-refractivity contribution in [3.63, 3.8) is 0 Å². The van der Waals surface area contributed by atoms with E-state index in [1.165, 1.54) is 12.2 Å². The molecule has 0 aromatic heterocycles. The first-order chi connectivity index (χ1) is 15.6. The van der Waals surface area contributed by atoms with E-state index in [0.717, 1.165) is 18.2 Å². The van der Waals surface area contributed by atoms with Gasteiger partial charge in [0.1, 0.15) is 36.4 Å². The van der Waals surface area contributed by atoms with Crippen molar-refractivity contribution in [2.75, 3.05) is 13.2 Å². The van der Waals surface area contributed by atoms with Crippen molar-refractivity contribution in [1.29, 1.82) is 0 Å². The Balaban J connectivity index is 1.86. The standard InChI is InChI=1S/C21H22O12/c22-6-16-18(29)20(30)21(7-23,33-16)32-15-5-10-11(25)3-9(24)4-14(10)31-19(15)8-1-12(26)17(28)13(27)2-8/h1-5,9,16,18,20,22-30H,6-7H2. The normalized spacial score (nSPS) is 31.4. The number of benzene rings is 1. The van der Waals surface area contributed by atoms with Crippen LogP contribution in [0.3, 0.4) is 0 Å². The number of aliphatic hydroxyl groups excluding tert-OH is 6. The van der Waals surface area contributed by atoms with Gasteiger partial charge in [0.15, 0.2) is 28.8 Å². The fourth-order valence-corrected chi connectivity index (χ4v) is 3.71. The number of fused-ring (bicyclic) bond motifs is 1. The molecule has 4 rings (SSSR count). The van der Waals surface area contributed by atoms with E-state index in [0.29, 0.717) is 0 Å². The Morgan fingerprint density at radius 3 is 2.21 bits per heavy atom. The molecule has 1 saturated heterocycles. The van der Waals surface area contributed by atoms with Gasteiger partial charge in [0, 0.05) is 5.56 Å². The van der Waals surface area contributed by atoms with E-state index >= 15 is 0 Å². The van der Waals surface area contributed by atoms with Crippen LogP contribution in [0.25, 0.3) is 5.76 Å². The highest BCUT2D eigenvalue weighted by atomic mass is 16.7. The smallest absolute Gasteiger partial charge is 0.263 e. The lowest BCUT2D eigenvalue weighted by Gasteiger charge is -2.34. The molecule has 0 saturated carbocycles. The van der Waals surface area contributed by atoms with Crippen LogP contribution in [0.1, 0.15) is 5.56 Å². The molecule has 2 heterocycles. The molecule has 2 aliphatic heterocycles. The van der Waals surface area contributed by atoms with Crippen molar-refractivity contribution < 1.29 is 60.2 Å². The van der Waals surface area contributed by atoms with E-state index in [-0.39, 0.29) is 34.2 Å². The molecule has 0 bridgehead atoms. The minimum Gasteiger partial charge on any atom is -0.507 e. The van der Waals surface area contributed by atoms with Crippen molar-refractivity contribution in [3.8, 4) is 17.2 Å². The SMILES string of the molecule is OCC1OC(CO)(OC2=C(c3cc(O)c(O)c(O)c3)OC3=CC(O)C=C(O)C3=C2)C(O)C1O. The molecule has 0 radical (unpaired) electrons. The Labute approximate surface area is 186 Å². The molecule has 1 aromatic carbocycles. The molecule has 5 atom stereocenters. The number of rotatable bonds is 5. The van der Waals surface area contributed by atoms with Crippen LogP contribution in [0.15, 0.2) is 53.2 Å². The highest BCUT2D eigenvalue weighted by Gasteiger charge is 2.56. The Morgan fingerprint density at radius 1 is 0.970 bits per heavy atom. The van der Waals surface area contributed by atoms with Crippen molar-refractivity contribution in [3.05, 3.63) is 58.8 Å². The summed E-state index contributed by atoms with van der Waals surface area (Å²) in [5, 5.41) is 89.6. The van der Waals surface area contributed by atoms with Crippen molar-refractivity contribution in [2.45, 2.75) is 30.2 Å². The number of phenols is 3. The Kier molecular flexibility index (Phi) is 5.74. The molecule has 3 aliphatic rings. The molecule has 0 amide bonds. The molecule has 33 heavy (non-hydrogen) atoms. The average molecular weight is 466 g/mol. The van der Waals surface area contributed by atoms with Crippen LogP contribution in [0, 0.1) is 0 Å². The van der Waals surface area contributed by atoms with Crippen molar-refractivity contribution >= 4 is 5.76 Å². The van der Waals surface area contributed by atoms with Crippen molar-refractivity contribution in [1.82, 2.24) is 0 Å². The molecule has 12 nitrogen and oxygen atoms in total. The number of phenolic OH excluding ortho intramolecular Hbond substituents is 3. The lowest BCUT2D eigenvalue weighted by molar-refractivity contribution is -0.256.